The minimum absolute atomic E-state index is 0. The van der Waals surface area contributed by atoms with Gasteiger partial charge in [-0.05, 0) is 24.1 Å². The van der Waals surface area contributed by atoms with E-state index in [0.29, 0.717) is 22.8 Å². The first-order valence-corrected chi connectivity index (χ1v) is 8.73. The third-order valence-corrected chi connectivity index (χ3v) is 4.54. The Kier molecular flexibility index (Phi) is 9.86. The molecule has 0 aliphatic carbocycles. The maximum absolute atomic E-state index is 12.8. The minimum Gasteiger partial charge on any atom is -0.481 e. The number of hydrogen-bond donors (Lipinski definition) is 0. The molecular formula is C17H14ClF2INO2Y-. The van der Waals surface area contributed by atoms with Crippen LogP contribution in [0.5, 0.6) is 5.75 Å². The molecule has 0 saturated carbocycles. The molecule has 0 bridgehead atoms. The number of alkyl halides is 3. The zero-order chi connectivity index (χ0) is 17.7. The molecule has 25 heavy (non-hydrogen) atoms. The Morgan fingerprint density at radius 1 is 1.52 bits per heavy atom. The van der Waals surface area contributed by atoms with E-state index in [1.54, 1.807) is 25.1 Å². The number of nitrogens with zero attached hydrogens (tertiary/aromatic N) is 1. The second kappa shape index (κ2) is 10.8. The third-order valence-electron chi connectivity index (χ3n) is 3.26. The topological polar surface area (TPSA) is 29.5 Å². The molecule has 131 valence electrons. The Bertz CT molecular complexity index is 718. The summed E-state index contributed by atoms with van der Waals surface area (Å²) < 4.78 is 30.7. The fourth-order valence-electron chi connectivity index (χ4n) is 2.18. The summed E-state index contributed by atoms with van der Waals surface area (Å²) >= 11 is 8.19. The number of carbonyl (C=O) groups excluding carboxylic acids is 1. The number of carbonyl (C=O) groups is 1. The molecule has 1 aliphatic heterocycles. The number of rotatable bonds is 5. The summed E-state index contributed by atoms with van der Waals surface area (Å²) in [6, 6.07) is 4.87. The fraction of sp³-hybridized carbons (Fsp3) is 0.353. The summed E-state index contributed by atoms with van der Waals surface area (Å²) in [7, 11) is 0. The molecule has 0 saturated heterocycles. The van der Waals surface area contributed by atoms with Crippen LogP contribution >= 0.6 is 34.2 Å². The Morgan fingerprint density at radius 3 is 2.84 bits per heavy atom. The smallest absolute Gasteiger partial charge is 0.256 e. The first-order valence-electron chi connectivity index (χ1n) is 7.10. The molecule has 0 aromatic heterocycles. The summed E-state index contributed by atoms with van der Waals surface area (Å²) in [5.41, 5.74) is 0.765. The van der Waals surface area contributed by atoms with E-state index in [9.17, 15) is 13.6 Å². The van der Waals surface area contributed by atoms with Gasteiger partial charge >= 0.3 is 0 Å². The van der Waals surface area contributed by atoms with Gasteiger partial charge < -0.3 is 9.64 Å². The van der Waals surface area contributed by atoms with Crippen LogP contribution in [0.15, 0.2) is 18.2 Å². The molecule has 8 heteroatoms. The molecule has 2 rings (SSSR count). The van der Waals surface area contributed by atoms with E-state index in [-0.39, 0.29) is 50.9 Å². The van der Waals surface area contributed by atoms with Crippen molar-refractivity contribution >= 4 is 45.8 Å². The van der Waals surface area contributed by atoms with E-state index in [1.807, 2.05) is 22.6 Å². The zero-order valence-corrected chi connectivity index (χ0v) is 19.1. The van der Waals surface area contributed by atoms with Crippen LogP contribution < -0.4 is 4.74 Å². The predicted molar refractivity (Wildman–Crippen MR) is 97.2 cm³/mol. The predicted octanol–water partition coefficient (Wildman–Crippen LogP) is 4.18. The summed E-state index contributed by atoms with van der Waals surface area (Å²) in [5.74, 6) is 5.63. The SMILES string of the molecule is CC#CCOc1ccc(C2=[C-]CC(I)C(=O)N2CC(F)F)c(Cl)c1.[Y]. The van der Waals surface area contributed by atoms with Gasteiger partial charge in [0, 0.05) is 32.7 Å². The number of ether oxygens (including phenoxy) is 1. The van der Waals surface area contributed by atoms with Crippen LogP contribution in [0.4, 0.5) is 8.78 Å². The van der Waals surface area contributed by atoms with Gasteiger partial charge in [-0.1, -0.05) is 34.9 Å². The molecule has 1 heterocycles. The molecule has 0 spiro atoms. The third kappa shape index (κ3) is 6.16. The largest absolute Gasteiger partial charge is 0.481 e. The maximum Gasteiger partial charge on any atom is 0.256 e. The quantitative estimate of drug-likeness (QED) is 0.237. The molecule has 3 nitrogen and oxygen atoms in total. The summed E-state index contributed by atoms with van der Waals surface area (Å²) in [4.78, 5) is 13.3. The Hall–Kier alpha value is -0.226. The van der Waals surface area contributed by atoms with E-state index in [0.717, 1.165) is 4.90 Å². The van der Waals surface area contributed by atoms with Gasteiger partial charge in [0.05, 0.1) is 10.5 Å². The molecule has 1 aliphatic rings. The second-order valence-corrected chi connectivity index (χ2v) is 6.80. The number of halogens is 4. The molecule has 1 aromatic rings. The number of allylic oxidation sites excluding steroid dienone is 1. The van der Waals surface area contributed by atoms with Crippen LogP contribution in [-0.2, 0) is 37.5 Å². The van der Waals surface area contributed by atoms with Gasteiger partial charge in [-0.25, -0.2) is 14.9 Å². The molecule has 1 aromatic carbocycles. The van der Waals surface area contributed by atoms with E-state index in [1.165, 1.54) is 0 Å². The molecular weight excluding hydrogens is 539 g/mol. The number of benzene rings is 1. The summed E-state index contributed by atoms with van der Waals surface area (Å²) in [5, 5.41) is 0.304. The average molecular weight is 554 g/mol. The van der Waals surface area contributed by atoms with Crippen molar-refractivity contribution in [3.63, 3.8) is 0 Å². The normalized spacial score (nSPS) is 16.7. The van der Waals surface area contributed by atoms with Crippen molar-refractivity contribution in [2.24, 2.45) is 0 Å². The monoisotopic (exact) mass is 553 g/mol. The van der Waals surface area contributed by atoms with Crippen LogP contribution in [0.3, 0.4) is 0 Å². The van der Waals surface area contributed by atoms with Gasteiger partial charge in [-0.15, -0.1) is 34.8 Å². The van der Waals surface area contributed by atoms with Gasteiger partial charge in [0.15, 0.2) is 0 Å². The van der Waals surface area contributed by atoms with Crippen molar-refractivity contribution < 1.29 is 51.0 Å². The van der Waals surface area contributed by atoms with Crippen LogP contribution in [0.25, 0.3) is 5.70 Å². The summed E-state index contributed by atoms with van der Waals surface area (Å²) in [6.07, 6.45) is 0.736. The van der Waals surface area contributed by atoms with E-state index < -0.39 is 16.9 Å². The van der Waals surface area contributed by atoms with E-state index in [4.69, 9.17) is 16.3 Å². The molecule has 0 fully saturated rings. The van der Waals surface area contributed by atoms with Crippen LogP contribution in [-0.4, -0.2) is 34.3 Å². The first-order chi connectivity index (χ1) is 11.4. The second-order valence-electron chi connectivity index (χ2n) is 4.89. The van der Waals surface area contributed by atoms with Crippen molar-refractivity contribution in [1.29, 1.82) is 0 Å². The number of hydrogen-bond acceptors (Lipinski definition) is 2. The van der Waals surface area contributed by atoms with Gasteiger partial charge in [0.1, 0.15) is 12.4 Å². The van der Waals surface area contributed by atoms with Crippen LogP contribution in [0.2, 0.25) is 5.02 Å². The zero-order valence-electron chi connectivity index (χ0n) is 13.4. The molecule has 1 atom stereocenters. The van der Waals surface area contributed by atoms with Crippen molar-refractivity contribution in [3.05, 3.63) is 34.9 Å². The average Bonchev–Trinajstić information content (AvgIpc) is 2.53. The van der Waals surface area contributed by atoms with Crippen LogP contribution in [0.1, 0.15) is 18.9 Å². The van der Waals surface area contributed by atoms with Gasteiger partial charge in [0.25, 0.3) is 6.43 Å². The Labute approximate surface area is 189 Å². The number of amides is 1. The maximum atomic E-state index is 12.8. The Morgan fingerprint density at radius 2 is 2.24 bits per heavy atom. The van der Waals surface area contributed by atoms with Crippen molar-refractivity contribution in [1.82, 2.24) is 4.90 Å². The molecule has 1 amide bonds. The van der Waals surface area contributed by atoms with Gasteiger partial charge in [-0.2, -0.15) is 0 Å². The fourth-order valence-corrected chi connectivity index (χ4v) is 2.99. The first kappa shape index (κ1) is 22.8. The molecule has 1 unspecified atom stereocenters. The Balaban J connectivity index is 0.00000312. The minimum atomic E-state index is -2.64. The van der Waals surface area contributed by atoms with Gasteiger partial charge in [0.2, 0.25) is 5.91 Å². The summed E-state index contributed by atoms with van der Waals surface area (Å²) in [6.45, 7) is 1.26. The van der Waals surface area contributed by atoms with Crippen LogP contribution in [0, 0.1) is 17.9 Å². The van der Waals surface area contributed by atoms with E-state index in [2.05, 4.69) is 17.9 Å². The van der Waals surface area contributed by atoms with E-state index >= 15 is 0 Å². The van der Waals surface area contributed by atoms with Crippen molar-refractivity contribution in [2.75, 3.05) is 13.2 Å². The molecule has 0 N–H and O–H groups in total. The standard InChI is InChI=1S/C17H14ClF2INO2.Y/c1-2-3-8-24-11-4-5-12(13(18)9-11)15-7-6-14(21)17(23)22(15)10-16(19)20;/h4-5,9,14,16H,6,8,10H2,1H3;/q-1;. The van der Waals surface area contributed by atoms with Crippen molar-refractivity contribution in [3.8, 4) is 17.6 Å². The van der Waals surface area contributed by atoms with Gasteiger partial charge in [-0.3, -0.25) is 4.79 Å². The molecule has 1 radical (unpaired) electrons. The van der Waals surface area contributed by atoms with Crippen molar-refractivity contribution in [2.45, 2.75) is 23.7 Å².